The zero-order valence-corrected chi connectivity index (χ0v) is 15.8. The first-order valence-electron chi connectivity index (χ1n) is 8.61. The zero-order valence-electron chi connectivity index (χ0n) is 15.0. The molecule has 0 radical (unpaired) electrons. The molecule has 24 heavy (non-hydrogen) atoms. The largest absolute Gasteiger partial charge is 0.335 e. The Kier molecular flexibility index (Phi) is 4.77. The summed E-state index contributed by atoms with van der Waals surface area (Å²) in [5.74, 6) is 0.807. The van der Waals surface area contributed by atoms with Crippen molar-refractivity contribution in [3.05, 3.63) is 51.5 Å². The molecule has 0 unspecified atom stereocenters. The Morgan fingerprint density at radius 1 is 1.38 bits per heavy atom. The van der Waals surface area contributed by atoms with Crippen molar-refractivity contribution in [1.82, 2.24) is 9.88 Å². The van der Waals surface area contributed by atoms with Gasteiger partial charge in [0.25, 0.3) is 5.91 Å². The maximum absolute atomic E-state index is 12.8. The Labute approximate surface area is 148 Å². The molecule has 0 aromatic carbocycles. The van der Waals surface area contributed by atoms with Crippen LogP contribution >= 0.6 is 11.3 Å². The highest BCUT2D eigenvalue weighted by molar-refractivity contribution is 7.14. The van der Waals surface area contributed by atoms with Gasteiger partial charge in [-0.1, -0.05) is 26.8 Å². The van der Waals surface area contributed by atoms with E-state index >= 15 is 0 Å². The molecule has 1 aliphatic rings. The number of pyridine rings is 1. The Hall–Kier alpha value is -1.68. The second-order valence-electron chi connectivity index (χ2n) is 7.85. The molecule has 0 bridgehead atoms. The van der Waals surface area contributed by atoms with Gasteiger partial charge in [0, 0.05) is 18.1 Å². The Morgan fingerprint density at radius 3 is 2.83 bits per heavy atom. The number of hydrogen-bond acceptors (Lipinski definition) is 3. The summed E-state index contributed by atoms with van der Waals surface area (Å²) in [4.78, 5) is 21.1. The molecule has 3 rings (SSSR count). The third-order valence-electron chi connectivity index (χ3n) is 4.99. The molecule has 0 aliphatic heterocycles. The van der Waals surface area contributed by atoms with Crippen molar-refractivity contribution in [2.24, 2.45) is 11.3 Å². The van der Waals surface area contributed by atoms with Gasteiger partial charge in [-0.15, -0.1) is 11.3 Å². The summed E-state index contributed by atoms with van der Waals surface area (Å²) in [5.41, 5.74) is 2.64. The van der Waals surface area contributed by atoms with Crippen molar-refractivity contribution in [2.45, 2.75) is 46.6 Å². The predicted octanol–water partition coefficient (Wildman–Crippen LogP) is 4.57. The van der Waals surface area contributed by atoms with Gasteiger partial charge in [0.05, 0.1) is 17.1 Å². The number of rotatable bonds is 3. The van der Waals surface area contributed by atoms with Crippen LogP contribution in [0.15, 0.2) is 30.5 Å². The summed E-state index contributed by atoms with van der Waals surface area (Å²) in [5, 5.41) is 0. The average molecular weight is 343 g/mol. The molecule has 0 saturated heterocycles. The van der Waals surface area contributed by atoms with Gasteiger partial charge in [-0.2, -0.15) is 0 Å². The van der Waals surface area contributed by atoms with E-state index in [-0.39, 0.29) is 5.91 Å². The van der Waals surface area contributed by atoms with Gasteiger partial charge in [-0.3, -0.25) is 9.78 Å². The van der Waals surface area contributed by atoms with Crippen LogP contribution in [0.25, 0.3) is 0 Å². The minimum absolute atomic E-state index is 0.104. The van der Waals surface area contributed by atoms with Crippen molar-refractivity contribution < 1.29 is 4.79 Å². The highest BCUT2D eigenvalue weighted by atomic mass is 32.1. The number of thiophene rings is 1. The average Bonchev–Trinajstić information content (AvgIpc) is 2.97. The quantitative estimate of drug-likeness (QED) is 0.819. The predicted molar refractivity (Wildman–Crippen MR) is 99.3 cm³/mol. The van der Waals surface area contributed by atoms with Gasteiger partial charge in [-0.05, 0) is 54.4 Å². The van der Waals surface area contributed by atoms with E-state index in [4.69, 9.17) is 0 Å². The van der Waals surface area contributed by atoms with Crippen LogP contribution in [-0.4, -0.2) is 22.8 Å². The molecule has 1 amide bonds. The van der Waals surface area contributed by atoms with Crippen LogP contribution in [0.4, 0.5) is 0 Å². The van der Waals surface area contributed by atoms with E-state index in [9.17, 15) is 4.79 Å². The van der Waals surface area contributed by atoms with Crippen LogP contribution < -0.4 is 0 Å². The first-order valence-corrected chi connectivity index (χ1v) is 9.43. The normalized spacial score (nSPS) is 17.4. The lowest BCUT2D eigenvalue weighted by atomic mass is 9.72. The summed E-state index contributed by atoms with van der Waals surface area (Å²) < 4.78 is 0. The molecule has 2 heterocycles. The van der Waals surface area contributed by atoms with E-state index in [0.29, 0.717) is 17.9 Å². The molecule has 3 nitrogen and oxygen atoms in total. The summed E-state index contributed by atoms with van der Waals surface area (Å²) in [6.45, 7) is 7.51. The highest BCUT2D eigenvalue weighted by Gasteiger charge is 2.30. The molecule has 1 aliphatic carbocycles. The first kappa shape index (κ1) is 17.2. The highest BCUT2D eigenvalue weighted by Crippen LogP contribution is 2.40. The number of aryl methyl sites for hydroxylation is 1. The molecule has 2 aromatic heterocycles. The summed E-state index contributed by atoms with van der Waals surface area (Å²) in [6.07, 6.45) is 5.21. The summed E-state index contributed by atoms with van der Waals surface area (Å²) >= 11 is 1.68. The SMILES string of the molecule is CN(Cc1ccccn1)C(=O)c1cc2c(s1)CC[C@@H](C(C)(C)C)C2. The third-order valence-corrected chi connectivity index (χ3v) is 6.22. The van der Waals surface area contributed by atoms with E-state index in [1.807, 2.05) is 25.2 Å². The van der Waals surface area contributed by atoms with Crippen molar-refractivity contribution >= 4 is 17.2 Å². The van der Waals surface area contributed by atoms with Crippen molar-refractivity contribution in [2.75, 3.05) is 7.05 Å². The lowest BCUT2D eigenvalue weighted by molar-refractivity contribution is 0.0788. The molecule has 1 atom stereocenters. The lowest BCUT2D eigenvalue weighted by Crippen LogP contribution is -2.26. The molecular weight excluding hydrogens is 316 g/mol. The van der Waals surface area contributed by atoms with Crippen LogP contribution in [0.1, 0.15) is 53.0 Å². The van der Waals surface area contributed by atoms with Gasteiger partial charge in [0.1, 0.15) is 0 Å². The fraction of sp³-hybridized carbons (Fsp3) is 0.500. The molecule has 2 aromatic rings. The van der Waals surface area contributed by atoms with Crippen molar-refractivity contribution in [1.29, 1.82) is 0 Å². The first-order chi connectivity index (χ1) is 11.3. The molecule has 128 valence electrons. The zero-order chi connectivity index (χ0) is 17.3. The number of hydrogen-bond donors (Lipinski definition) is 0. The van der Waals surface area contributed by atoms with Gasteiger partial charge in [0.15, 0.2) is 0 Å². The third kappa shape index (κ3) is 3.69. The number of carbonyl (C=O) groups excluding carboxylic acids is 1. The fourth-order valence-electron chi connectivity index (χ4n) is 3.36. The van der Waals surface area contributed by atoms with Crippen molar-refractivity contribution in [3.8, 4) is 0 Å². The topological polar surface area (TPSA) is 33.2 Å². The smallest absolute Gasteiger partial charge is 0.264 e. The minimum atomic E-state index is 0.104. The minimum Gasteiger partial charge on any atom is -0.335 e. The number of aromatic nitrogens is 1. The maximum Gasteiger partial charge on any atom is 0.264 e. The molecular formula is C20H26N2OS. The van der Waals surface area contributed by atoms with Crippen LogP contribution in [0.2, 0.25) is 0 Å². The van der Waals surface area contributed by atoms with Gasteiger partial charge < -0.3 is 4.90 Å². The second-order valence-corrected chi connectivity index (χ2v) is 8.98. The van der Waals surface area contributed by atoms with E-state index < -0.39 is 0 Å². The number of amides is 1. The van der Waals surface area contributed by atoms with E-state index in [1.54, 1.807) is 22.4 Å². The fourth-order valence-corrected chi connectivity index (χ4v) is 4.57. The van der Waals surface area contributed by atoms with E-state index in [2.05, 4.69) is 31.8 Å². The van der Waals surface area contributed by atoms with Crippen molar-refractivity contribution in [3.63, 3.8) is 0 Å². The number of carbonyl (C=O) groups is 1. The second kappa shape index (κ2) is 6.67. The van der Waals surface area contributed by atoms with Crippen LogP contribution in [-0.2, 0) is 19.4 Å². The molecule has 0 saturated carbocycles. The molecule has 0 spiro atoms. The molecule has 0 N–H and O–H groups in total. The summed E-state index contributed by atoms with van der Waals surface area (Å²) in [7, 11) is 1.85. The lowest BCUT2D eigenvalue weighted by Gasteiger charge is -2.33. The standard InChI is InChI=1S/C20H26N2OS/c1-20(2,3)15-8-9-17-14(11-15)12-18(24-17)19(23)22(4)13-16-7-5-6-10-21-16/h5-7,10,12,15H,8-9,11,13H2,1-4H3/t15-/m1/s1. The summed E-state index contributed by atoms with van der Waals surface area (Å²) in [6, 6.07) is 7.94. The van der Waals surface area contributed by atoms with Crippen LogP contribution in [0.5, 0.6) is 0 Å². The van der Waals surface area contributed by atoms with Crippen LogP contribution in [0, 0.1) is 11.3 Å². The molecule has 4 heteroatoms. The van der Waals surface area contributed by atoms with E-state index in [1.165, 1.54) is 16.9 Å². The Balaban J connectivity index is 1.72. The maximum atomic E-state index is 12.8. The monoisotopic (exact) mass is 342 g/mol. The Bertz CT molecular complexity index is 715. The van der Waals surface area contributed by atoms with E-state index in [0.717, 1.165) is 23.4 Å². The Morgan fingerprint density at radius 2 is 2.17 bits per heavy atom. The van der Waals surface area contributed by atoms with Gasteiger partial charge in [0.2, 0.25) is 0 Å². The van der Waals surface area contributed by atoms with Gasteiger partial charge >= 0.3 is 0 Å². The number of fused-ring (bicyclic) bond motifs is 1. The number of nitrogens with zero attached hydrogens (tertiary/aromatic N) is 2. The molecule has 0 fully saturated rings. The van der Waals surface area contributed by atoms with Crippen LogP contribution in [0.3, 0.4) is 0 Å². The van der Waals surface area contributed by atoms with Gasteiger partial charge in [-0.25, -0.2) is 0 Å².